The highest BCUT2D eigenvalue weighted by Gasteiger charge is 2.46. The number of nitrogens with one attached hydrogen (secondary N) is 1. The van der Waals surface area contributed by atoms with Crippen molar-refractivity contribution in [3.63, 3.8) is 0 Å². The number of carbonyl (C=O) groups excluding carboxylic acids is 3. The van der Waals surface area contributed by atoms with Gasteiger partial charge < -0.3 is 15.0 Å². The van der Waals surface area contributed by atoms with E-state index in [9.17, 15) is 23.2 Å². The molecule has 1 N–H and O–H groups in total. The van der Waals surface area contributed by atoms with Gasteiger partial charge in [0.1, 0.15) is 23.4 Å². The van der Waals surface area contributed by atoms with Crippen molar-refractivity contribution in [2.24, 2.45) is 0 Å². The number of carbonyl (C=O) groups is 3. The predicted molar refractivity (Wildman–Crippen MR) is 126 cm³/mol. The molecule has 7 nitrogen and oxygen atoms in total. The molecule has 1 aliphatic heterocycles. The molecule has 4 rings (SSSR count). The Bertz CT molecular complexity index is 1230. The molecule has 0 aliphatic carbocycles. The van der Waals surface area contributed by atoms with Crippen LogP contribution in [0, 0.1) is 11.6 Å². The van der Waals surface area contributed by atoms with Gasteiger partial charge in [0.15, 0.2) is 0 Å². The number of hydrogen-bond donors (Lipinski definition) is 1. The van der Waals surface area contributed by atoms with Gasteiger partial charge in [0.05, 0.1) is 18.7 Å². The third-order valence-electron chi connectivity index (χ3n) is 5.47. The van der Waals surface area contributed by atoms with Gasteiger partial charge in [-0.2, -0.15) is 0 Å². The van der Waals surface area contributed by atoms with E-state index in [1.165, 1.54) is 35.2 Å². The predicted octanol–water partition coefficient (Wildman–Crippen LogP) is 4.73. The molecule has 0 radical (unpaired) electrons. The Morgan fingerprint density at radius 3 is 2.34 bits per heavy atom. The van der Waals surface area contributed by atoms with Gasteiger partial charge in [-0.05, 0) is 73.2 Å². The summed E-state index contributed by atoms with van der Waals surface area (Å²) in [6, 6.07) is 15.5. The van der Waals surface area contributed by atoms with Crippen molar-refractivity contribution >= 4 is 29.2 Å². The lowest BCUT2D eigenvalue weighted by Gasteiger charge is -2.21. The van der Waals surface area contributed by atoms with Gasteiger partial charge in [-0.15, -0.1) is 0 Å². The second kappa shape index (κ2) is 10.3. The van der Waals surface area contributed by atoms with Gasteiger partial charge in [-0.3, -0.25) is 9.59 Å². The Balaban J connectivity index is 1.56. The van der Waals surface area contributed by atoms with Crippen molar-refractivity contribution in [2.45, 2.75) is 25.9 Å². The van der Waals surface area contributed by atoms with Crippen LogP contribution in [0.15, 0.2) is 72.8 Å². The van der Waals surface area contributed by atoms with Crippen molar-refractivity contribution in [1.82, 2.24) is 4.90 Å². The number of imide groups is 1. The fraction of sp³-hybridized carbons (Fsp3) is 0.192. The number of benzene rings is 3. The number of anilines is 2. The van der Waals surface area contributed by atoms with Crippen molar-refractivity contribution < 1.29 is 27.9 Å². The largest absolute Gasteiger partial charge is 0.494 e. The first-order chi connectivity index (χ1) is 16.9. The van der Waals surface area contributed by atoms with Gasteiger partial charge in [0.2, 0.25) is 5.91 Å². The van der Waals surface area contributed by atoms with Gasteiger partial charge in [0, 0.05) is 12.2 Å². The molecule has 4 amide bonds. The highest BCUT2D eigenvalue weighted by atomic mass is 19.1. The Morgan fingerprint density at radius 2 is 1.69 bits per heavy atom. The van der Waals surface area contributed by atoms with Crippen LogP contribution in [-0.2, 0) is 16.1 Å². The lowest BCUT2D eigenvalue weighted by molar-refractivity contribution is -0.124. The molecule has 180 valence electrons. The molecule has 1 saturated heterocycles. The van der Waals surface area contributed by atoms with E-state index < -0.39 is 35.5 Å². The molecule has 3 aromatic rings. The molecule has 0 aromatic heterocycles. The third-order valence-corrected chi connectivity index (χ3v) is 5.47. The van der Waals surface area contributed by atoms with Crippen LogP contribution < -0.4 is 15.0 Å². The van der Waals surface area contributed by atoms with E-state index in [1.807, 2.05) is 6.92 Å². The molecular weight excluding hydrogens is 456 g/mol. The molecule has 0 bridgehead atoms. The topological polar surface area (TPSA) is 79.0 Å². The molecule has 1 heterocycles. The molecule has 35 heavy (non-hydrogen) atoms. The van der Waals surface area contributed by atoms with E-state index in [1.54, 1.807) is 30.3 Å². The summed E-state index contributed by atoms with van der Waals surface area (Å²) >= 11 is 0. The average Bonchev–Trinajstić information content (AvgIpc) is 3.05. The standard InChI is InChI=1S/C26H23F2N3O4/c1-2-35-22-12-8-20(9-13-22)29-24(32)15-23-25(33)31(21-10-6-18(27)7-11-21)26(34)30(23)16-17-4-3-5-19(28)14-17/h3-14,23H,2,15-16H2,1H3,(H,29,32)/t23-/m1/s1. The lowest BCUT2D eigenvalue weighted by atomic mass is 10.1. The van der Waals surface area contributed by atoms with Crippen LogP contribution in [0.3, 0.4) is 0 Å². The van der Waals surface area contributed by atoms with Crippen LogP contribution in [0.25, 0.3) is 0 Å². The highest BCUT2D eigenvalue weighted by molar-refractivity contribution is 6.22. The van der Waals surface area contributed by atoms with Crippen molar-refractivity contribution in [2.75, 3.05) is 16.8 Å². The fourth-order valence-corrected chi connectivity index (χ4v) is 3.86. The number of urea groups is 1. The SMILES string of the molecule is CCOc1ccc(NC(=O)C[C@@H]2C(=O)N(c3ccc(F)cc3)C(=O)N2Cc2cccc(F)c2)cc1. The summed E-state index contributed by atoms with van der Waals surface area (Å²) in [5.74, 6) is -1.46. The van der Waals surface area contributed by atoms with E-state index in [-0.39, 0.29) is 18.7 Å². The van der Waals surface area contributed by atoms with Crippen molar-refractivity contribution in [3.05, 3.63) is 90.0 Å². The monoisotopic (exact) mass is 479 g/mol. The Morgan fingerprint density at radius 1 is 0.971 bits per heavy atom. The summed E-state index contributed by atoms with van der Waals surface area (Å²) in [6.07, 6.45) is -0.315. The maximum absolute atomic E-state index is 13.7. The van der Waals surface area contributed by atoms with Crippen LogP contribution in [0.2, 0.25) is 0 Å². The summed E-state index contributed by atoms with van der Waals surface area (Å²) in [4.78, 5) is 41.5. The van der Waals surface area contributed by atoms with E-state index in [0.717, 1.165) is 17.0 Å². The first kappa shape index (κ1) is 23.9. The highest BCUT2D eigenvalue weighted by Crippen LogP contribution is 2.29. The number of hydrogen-bond acceptors (Lipinski definition) is 4. The molecule has 0 spiro atoms. The van der Waals surface area contributed by atoms with Crippen molar-refractivity contribution in [1.29, 1.82) is 0 Å². The van der Waals surface area contributed by atoms with E-state index >= 15 is 0 Å². The molecule has 0 unspecified atom stereocenters. The second-order valence-electron chi connectivity index (χ2n) is 7.92. The minimum atomic E-state index is -1.13. The zero-order valence-electron chi connectivity index (χ0n) is 18.9. The zero-order chi connectivity index (χ0) is 24.9. The van der Waals surface area contributed by atoms with E-state index in [2.05, 4.69) is 5.32 Å². The first-order valence-corrected chi connectivity index (χ1v) is 11.0. The van der Waals surface area contributed by atoms with Gasteiger partial charge in [-0.25, -0.2) is 18.5 Å². The number of amides is 4. The third kappa shape index (κ3) is 5.46. The lowest BCUT2D eigenvalue weighted by Crippen LogP contribution is -2.37. The minimum absolute atomic E-state index is 0.0823. The molecule has 0 saturated carbocycles. The summed E-state index contributed by atoms with van der Waals surface area (Å²) in [7, 11) is 0. The normalized spacial score (nSPS) is 15.5. The molecule has 3 aromatic carbocycles. The minimum Gasteiger partial charge on any atom is -0.494 e. The maximum Gasteiger partial charge on any atom is 0.332 e. The maximum atomic E-state index is 13.7. The summed E-state index contributed by atoms with van der Waals surface area (Å²) in [5.41, 5.74) is 1.14. The quantitative estimate of drug-likeness (QED) is 0.474. The molecule has 1 aliphatic rings. The van der Waals surface area contributed by atoms with Crippen LogP contribution in [0.4, 0.5) is 25.0 Å². The van der Waals surface area contributed by atoms with Gasteiger partial charge in [0.25, 0.3) is 5.91 Å². The van der Waals surface area contributed by atoms with E-state index in [0.29, 0.717) is 23.6 Å². The number of ether oxygens (including phenoxy) is 1. The molecule has 1 atom stereocenters. The van der Waals surface area contributed by atoms with Crippen LogP contribution in [0.5, 0.6) is 5.75 Å². The molecule has 9 heteroatoms. The Hall–Kier alpha value is -4.27. The Labute approximate surface area is 200 Å². The van der Waals surface area contributed by atoms with Gasteiger partial charge >= 0.3 is 6.03 Å². The Kier molecular flexibility index (Phi) is 7.05. The smallest absolute Gasteiger partial charge is 0.332 e. The average molecular weight is 479 g/mol. The molecule has 1 fully saturated rings. The zero-order valence-corrected chi connectivity index (χ0v) is 18.9. The number of halogens is 2. The summed E-state index contributed by atoms with van der Waals surface area (Å²) < 4.78 is 32.5. The number of nitrogens with zero attached hydrogens (tertiary/aromatic N) is 2. The molecular formula is C26H23F2N3O4. The second-order valence-corrected chi connectivity index (χ2v) is 7.92. The van der Waals surface area contributed by atoms with E-state index in [4.69, 9.17) is 4.74 Å². The summed E-state index contributed by atoms with van der Waals surface area (Å²) in [6.45, 7) is 2.29. The van der Waals surface area contributed by atoms with Crippen LogP contribution in [0.1, 0.15) is 18.9 Å². The van der Waals surface area contributed by atoms with Crippen LogP contribution in [-0.4, -0.2) is 35.4 Å². The van der Waals surface area contributed by atoms with Crippen molar-refractivity contribution in [3.8, 4) is 5.75 Å². The number of rotatable bonds is 8. The van der Waals surface area contributed by atoms with Crippen LogP contribution >= 0.6 is 0 Å². The fourth-order valence-electron chi connectivity index (χ4n) is 3.86. The van der Waals surface area contributed by atoms with Gasteiger partial charge in [-0.1, -0.05) is 12.1 Å². The first-order valence-electron chi connectivity index (χ1n) is 11.0. The summed E-state index contributed by atoms with van der Waals surface area (Å²) in [5, 5.41) is 2.72.